The van der Waals surface area contributed by atoms with Crippen molar-refractivity contribution in [3.05, 3.63) is 114 Å². The van der Waals surface area contributed by atoms with E-state index in [2.05, 4.69) is 25.3 Å². The lowest BCUT2D eigenvalue weighted by Gasteiger charge is -2.25. The molecule has 0 atom stereocenters. The summed E-state index contributed by atoms with van der Waals surface area (Å²) in [6, 6.07) is 13.6. The monoisotopic (exact) mass is 565 g/mol. The number of aryl methyl sites for hydroxylation is 2. The zero-order valence-corrected chi connectivity index (χ0v) is 22.1. The first-order valence-corrected chi connectivity index (χ1v) is 11.8. The second-order valence-corrected chi connectivity index (χ2v) is 8.73. The number of anilines is 4. The molecule has 8 nitrogen and oxygen atoms in total. The summed E-state index contributed by atoms with van der Waals surface area (Å²) < 4.78 is 42.5. The molecular formula is C28H23ClF3N7O. The topological polar surface area (TPSA) is 88.8 Å². The van der Waals surface area contributed by atoms with Crippen molar-refractivity contribution in [1.82, 2.24) is 24.5 Å². The van der Waals surface area contributed by atoms with E-state index in [1.165, 1.54) is 17.0 Å². The number of alkyl halides is 3. The Morgan fingerprint density at radius 3 is 2.30 bits per heavy atom. The van der Waals surface area contributed by atoms with Gasteiger partial charge >= 0.3 is 6.18 Å². The third kappa shape index (κ3) is 6.10. The van der Waals surface area contributed by atoms with Crippen LogP contribution in [0.5, 0.6) is 0 Å². The van der Waals surface area contributed by atoms with Crippen LogP contribution in [0.3, 0.4) is 0 Å². The predicted molar refractivity (Wildman–Crippen MR) is 148 cm³/mol. The highest BCUT2D eigenvalue weighted by Crippen LogP contribution is 2.35. The SMILES string of the molecule is Cc1cn(-c2cc(NC(=O)c3ccc(C)c(N(c4ccncc4)c4ncccn4)c3)cc(C(F)(F)F)c2)cn1.Cl. The maximum atomic E-state index is 13.7. The Kier molecular flexibility index (Phi) is 8.15. The molecule has 2 aromatic carbocycles. The number of carbonyl (C=O) groups excluding carboxylic acids is 1. The fraction of sp³-hybridized carbons (Fsp3) is 0.107. The molecule has 3 heterocycles. The number of rotatable bonds is 6. The number of halogens is 4. The number of carbonyl (C=O) groups is 1. The van der Waals surface area contributed by atoms with Crippen molar-refractivity contribution in [2.45, 2.75) is 20.0 Å². The van der Waals surface area contributed by atoms with Crippen molar-refractivity contribution >= 4 is 41.3 Å². The van der Waals surface area contributed by atoms with E-state index in [1.807, 2.05) is 6.92 Å². The summed E-state index contributed by atoms with van der Waals surface area (Å²) >= 11 is 0. The Labute approximate surface area is 234 Å². The van der Waals surface area contributed by atoms with Gasteiger partial charge in [-0.2, -0.15) is 13.2 Å². The molecule has 40 heavy (non-hydrogen) atoms. The molecule has 0 aliphatic heterocycles. The number of nitrogens with zero attached hydrogens (tertiary/aromatic N) is 6. The molecule has 0 aliphatic rings. The average molecular weight is 566 g/mol. The van der Waals surface area contributed by atoms with Gasteiger partial charge in [0.05, 0.1) is 29.0 Å². The van der Waals surface area contributed by atoms with Crippen LogP contribution in [-0.2, 0) is 6.18 Å². The molecule has 5 rings (SSSR count). The molecule has 12 heteroatoms. The minimum absolute atomic E-state index is 0. The zero-order valence-electron chi connectivity index (χ0n) is 21.3. The lowest BCUT2D eigenvalue weighted by Crippen LogP contribution is -2.17. The minimum Gasteiger partial charge on any atom is -0.322 e. The summed E-state index contributed by atoms with van der Waals surface area (Å²) in [6.07, 6.45) is 4.89. The number of hydrogen-bond acceptors (Lipinski definition) is 6. The van der Waals surface area contributed by atoms with Gasteiger partial charge in [-0.25, -0.2) is 15.0 Å². The quantitative estimate of drug-likeness (QED) is 0.242. The van der Waals surface area contributed by atoms with Crippen LogP contribution >= 0.6 is 12.4 Å². The van der Waals surface area contributed by atoms with Crippen LogP contribution in [-0.4, -0.2) is 30.4 Å². The highest BCUT2D eigenvalue weighted by Gasteiger charge is 2.31. The van der Waals surface area contributed by atoms with E-state index in [4.69, 9.17) is 0 Å². The molecule has 204 valence electrons. The standard InChI is InChI=1S/C28H22F3N7O.ClH/c1-18-4-5-20(12-25(18)38(23-6-10-32-11-7-23)27-33-8-3-9-34-27)26(39)36-22-13-21(28(29,30)31)14-24(15-22)37-16-19(2)35-17-37;/h3-17H,1-2H3,(H,36,39);1H. The minimum atomic E-state index is -4.61. The smallest absolute Gasteiger partial charge is 0.322 e. The number of aromatic nitrogens is 5. The largest absolute Gasteiger partial charge is 0.416 e. The molecule has 5 aromatic rings. The van der Waals surface area contributed by atoms with E-state index < -0.39 is 17.6 Å². The van der Waals surface area contributed by atoms with Crippen LogP contribution in [0.15, 0.2) is 91.9 Å². The fourth-order valence-electron chi connectivity index (χ4n) is 4.02. The number of benzene rings is 2. The van der Waals surface area contributed by atoms with Gasteiger partial charge in [0.2, 0.25) is 5.95 Å². The first-order valence-electron chi connectivity index (χ1n) is 11.8. The third-order valence-electron chi connectivity index (χ3n) is 5.90. The maximum absolute atomic E-state index is 13.7. The fourth-order valence-corrected chi connectivity index (χ4v) is 4.02. The lowest BCUT2D eigenvalue weighted by atomic mass is 10.1. The van der Waals surface area contributed by atoms with E-state index >= 15 is 0 Å². The van der Waals surface area contributed by atoms with Crippen LogP contribution in [0.25, 0.3) is 5.69 Å². The van der Waals surface area contributed by atoms with E-state index in [-0.39, 0.29) is 29.3 Å². The van der Waals surface area contributed by atoms with Gasteiger partial charge in [-0.1, -0.05) is 6.07 Å². The number of imidazole rings is 1. The average Bonchev–Trinajstić information content (AvgIpc) is 3.37. The van der Waals surface area contributed by atoms with Gasteiger partial charge in [0.25, 0.3) is 5.91 Å². The molecule has 3 aromatic heterocycles. The van der Waals surface area contributed by atoms with Gasteiger partial charge in [-0.05, 0) is 67.9 Å². The number of nitrogens with one attached hydrogen (secondary N) is 1. The van der Waals surface area contributed by atoms with Crippen molar-refractivity contribution in [3.63, 3.8) is 0 Å². The van der Waals surface area contributed by atoms with Crippen LogP contribution in [0, 0.1) is 13.8 Å². The molecule has 0 spiro atoms. The Hall–Kier alpha value is -4.77. The van der Waals surface area contributed by atoms with Gasteiger partial charge in [0.15, 0.2) is 0 Å². The van der Waals surface area contributed by atoms with E-state index in [9.17, 15) is 18.0 Å². The first kappa shape index (κ1) is 28.2. The zero-order chi connectivity index (χ0) is 27.6. The molecule has 0 saturated heterocycles. The summed E-state index contributed by atoms with van der Waals surface area (Å²) in [4.78, 5) is 32.0. The van der Waals surface area contributed by atoms with E-state index in [0.29, 0.717) is 17.3 Å². The van der Waals surface area contributed by atoms with Crippen LogP contribution in [0.2, 0.25) is 0 Å². The lowest BCUT2D eigenvalue weighted by molar-refractivity contribution is -0.137. The van der Waals surface area contributed by atoms with Gasteiger partial charge < -0.3 is 9.88 Å². The van der Waals surface area contributed by atoms with Crippen molar-refractivity contribution in [1.29, 1.82) is 0 Å². The highest BCUT2D eigenvalue weighted by atomic mass is 35.5. The molecule has 1 N–H and O–H groups in total. The van der Waals surface area contributed by atoms with Crippen molar-refractivity contribution < 1.29 is 18.0 Å². The molecule has 0 fully saturated rings. The molecular weight excluding hydrogens is 543 g/mol. The second-order valence-electron chi connectivity index (χ2n) is 8.73. The van der Waals surface area contributed by atoms with Crippen molar-refractivity contribution in [2.75, 3.05) is 10.2 Å². The Bertz CT molecular complexity index is 1590. The Balaban J connectivity index is 0.00000370. The molecule has 0 bridgehead atoms. The van der Waals surface area contributed by atoms with Gasteiger partial charge in [0, 0.05) is 47.9 Å². The highest BCUT2D eigenvalue weighted by molar-refractivity contribution is 6.05. The summed E-state index contributed by atoms with van der Waals surface area (Å²) in [5.74, 6) is -0.200. The van der Waals surface area contributed by atoms with Gasteiger partial charge in [0.1, 0.15) is 0 Å². The van der Waals surface area contributed by atoms with Crippen molar-refractivity contribution in [2.24, 2.45) is 0 Å². The Morgan fingerprint density at radius 1 is 0.925 bits per heavy atom. The Morgan fingerprint density at radius 2 is 1.65 bits per heavy atom. The number of hydrogen-bond donors (Lipinski definition) is 1. The summed E-state index contributed by atoms with van der Waals surface area (Å²) in [5.41, 5.74) is 2.37. The molecule has 0 aliphatic carbocycles. The third-order valence-corrected chi connectivity index (χ3v) is 5.90. The summed E-state index contributed by atoms with van der Waals surface area (Å²) in [5, 5.41) is 2.62. The molecule has 0 saturated carbocycles. The van der Waals surface area contributed by atoms with Crippen molar-refractivity contribution in [3.8, 4) is 5.69 Å². The summed E-state index contributed by atoms with van der Waals surface area (Å²) in [6.45, 7) is 3.61. The first-order chi connectivity index (χ1) is 18.7. The van der Waals surface area contributed by atoms with E-state index in [0.717, 1.165) is 23.4 Å². The molecule has 0 radical (unpaired) electrons. The van der Waals surface area contributed by atoms with Gasteiger partial charge in [-0.3, -0.25) is 14.7 Å². The van der Waals surface area contributed by atoms with E-state index in [1.54, 1.807) is 79.2 Å². The predicted octanol–water partition coefficient (Wildman–Crippen LogP) is 6.84. The van der Waals surface area contributed by atoms with Crippen LogP contribution < -0.4 is 10.2 Å². The summed E-state index contributed by atoms with van der Waals surface area (Å²) in [7, 11) is 0. The second kappa shape index (κ2) is 11.5. The van der Waals surface area contributed by atoms with Crippen LogP contribution in [0.4, 0.5) is 36.2 Å². The van der Waals surface area contributed by atoms with Crippen LogP contribution in [0.1, 0.15) is 27.2 Å². The van der Waals surface area contributed by atoms with Gasteiger partial charge in [-0.15, -0.1) is 12.4 Å². The number of amides is 1. The molecule has 1 amide bonds. The maximum Gasteiger partial charge on any atom is 0.416 e. The molecule has 0 unspecified atom stereocenters. The number of pyridine rings is 1. The normalized spacial score (nSPS) is 11.0.